The quantitative estimate of drug-likeness (QED) is 0.714. The molecule has 21 heavy (non-hydrogen) atoms. The first-order valence-corrected chi connectivity index (χ1v) is 8.70. The number of ketones is 2. The smallest absolute Gasteiger partial charge is 0.144 e. The van der Waals surface area contributed by atoms with Crippen LogP contribution in [0.5, 0.6) is 0 Å². The van der Waals surface area contributed by atoms with Gasteiger partial charge in [0.05, 0.1) is 0 Å². The van der Waals surface area contributed by atoms with E-state index < -0.39 is 0 Å². The molecule has 0 heterocycles. The van der Waals surface area contributed by atoms with Crippen molar-refractivity contribution in [3.8, 4) is 0 Å². The second-order valence-electron chi connectivity index (χ2n) is 8.01. The third-order valence-electron chi connectivity index (χ3n) is 6.71. The lowest BCUT2D eigenvalue weighted by Crippen LogP contribution is -2.50. The first-order chi connectivity index (χ1) is 9.95. The van der Waals surface area contributed by atoms with Gasteiger partial charge in [-0.05, 0) is 43.4 Å². The molecule has 2 saturated carbocycles. The van der Waals surface area contributed by atoms with E-state index in [1.54, 1.807) is 0 Å². The van der Waals surface area contributed by atoms with Crippen molar-refractivity contribution in [3.05, 3.63) is 12.2 Å². The van der Waals surface area contributed by atoms with Crippen LogP contribution in [0, 0.1) is 35.0 Å². The van der Waals surface area contributed by atoms with Gasteiger partial charge in [0, 0.05) is 23.7 Å². The van der Waals surface area contributed by atoms with Crippen molar-refractivity contribution >= 4 is 11.6 Å². The fraction of sp³-hybridized carbons (Fsp3) is 0.789. The minimum absolute atomic E-state index is 0.000477. The van der Waals surface area contributed by atoms with Crippen LogP contribution in [-0.2, 0) is 9.59 Å². The van der Waals surface area contributed by atoms with Crippen molar-refractivity contribution in [1.29, 1.82) is 0 Å². The van der Waals surface area contributed by atoms with Gasteiger partial charge in [-0.3, -0.25) is 9.59 Å². The molecule has 2 nitrogen and oxygen atoms in total. The molecule has 3 rings (SSSR count). The maximum atomic E-state index is 12.9. The summed E-state index contributed by atoms with van der Waals surface area (Å²) in [6.07, 6.45) is 10.1. The fourth-order valence-electron chi connectivity index (χ4n) is 4.79. The van der Waals surface area contributed by atoms with E-state index in [0.717, 1.165) is 38.5 Å². The predicted octanol–water partition coefficient (Wildman–Crippen LogP) is 4.19. The molecule has 0 aliphatic heterocycles. The van der Waals surface area contributed by atoms with Gasteiger partial charge in [-0.1, -0.05) is 39.3 Å². The van der Waals surface area contributed by atoms with Crippen LogP contribution in [0.4, 0.5) is 0 Å². The highest BCUT2D eigenvalue weighted by molar-refractivity contribution is 6.00. The van der Waals surface area contributed by atoms with Crippen molar-refractivity contribution in [1.82, 2.24) is 0 Å². The molecule has 0 bridgehead atoms. The van der Waals surface area contributed by atoms with E-state index in [1.807, 2.05) is 6.08 Å². The zero-order chi connectivity index (χ0) is 15.2. The molecule has 3 aliphatic rings. The number of allylic oxidation sites excluding steroid dienone is 2. The molecular formula is C19H28O2. The molecule has 0 N–H and O–H groups in total. The first kappa shape index (κ1) is 15.0. The lowest BCUT2D eigenvalue weighted by molar-refractivity contribution is -0.149. The van der Waals surface area contributed by atoms with Crippen molar-refractivity contribution in [3.63, 3.8) is 0 Å². The highest BCUT2D eigenvalue weighted by Crippen LogP contribution is 2.50. The molecule has 0 spiro atoms. The monoisotopic (exact) mass is 288 g/mol. The summed E-state index contributed by atoms with van der Waals surface area (Å²) in [5, 5.41) is 0. The SMILES string of the molecule is CCC(C)(C)C1CCC2C(=O)C3CCC=CC3C(=O)C2C1. The second-order valence-corrected chi connectivity index (χ2v) is 8.01. The van der Waals surface area contributed by atoms with Gasteiger partial charge in [-0.15, -0.1) is 0 Å². The fourth-order valence-corrected chi connectivity index (χ4v) is 4.79. The van der Waals surface area contributed by atoms with Crippen LogP contribution in [-0.4, -0.2) is 11.6 Å². The summed E-state index contributed by atoms with van der Waals surface area (Å²) in [7, 11) is 0. The number of fused-ring (bicyclic) bond motifs is 2. The Morgan fingerprint density at radius 3 is 2.52 bits per heavy atom. The normalized spacial score (nSPS) is 39.9. The summed E-state index contributed by atoms with van der Waals surface area (Å²) in [6.45, 7) is 6.87. The molecule has 5 atom stereocenters. The Balaban J connectivity index is 1.84. The van der Waals surface area contributed by atoms with E-state index in [4.69, 9.17) is 0 Å². The first-order valence-electron chi connectivity index (χ1n) is 8.70. The maximum absolute atomic E-state index is 12.9. The average molecular weight is 288 g/mol. The lowest BCUT2D eigenvalue weighted by atomic mass is 9.55. The number of carbonyl (C=O) groups excluding carboxylic acids is 2. The number of rotatable bonds is 2. The van der Waals surface area contributed by atoms with Crippen LogP contribution in [0.25, 0.3) is 0 Å². The second kappa shape index (κ2) is 5.37. The summed E-state index contributed by atoms with van der Waals surface area (Å²) in [6, 6.07) is 0. The maximum Gasteiger partial charge on any atom is 0.144 e. The van der Waals surface area contributed by atoms with E-state index >= 15 is 0 Å². The Labute approximate surface area is 128 Å². The molecule has 5 unspecified atom stereocenters. The van der Waals surface area contributed by atoms with Gasteiger partial charge in [0.2, 0.25) is 0 Å². The van der Waals surface area contributed by atoms with Gasteiger partial charge >= 0.3 is 0 Å². The Hall–Kier alpha value is -0.920. The summed E-state index contributed by atoms with van der Waals surface area (Å²) >= 11 is 0. The Morgan fingerprint density at radius 1 is 1.05 bits per heavy atom. The molecule has 2 heteroatoms. The zero-order valence-electron chi connectivity index (χ0n) is 13.6. The van der Waals surface area contributed by atoms with Crippen LogP contribution >= 0.6 is 0 Å². The molecule has 0 saturated heterocycles. The summed E-state index contributed by atoms with van der Waals surface area (Å²) in [4.78, 5) is 25.7. The van der Waals surface area contributed by atoms with Crippen LogP contribution < -0.4 is 0 Å². The highest BCUT2D eigenvalue weighted by Gasteiger charge is 2.51. The van der Waals surface area contributed by atoms with Crippen molar-refractivity contribution < 1.29 is 9.59 Å². The summed E-state index contributed by atoms with van der Waals surface area (Å²) in [5.41, 5.74) is 0.285. The van der Waals surface area contributed by atoms with Gasteiger partial charge in [0.25, 0.3) is 0 Å². The molecule has 116 valence electrons. The Bertz CT molecular complexity index is 474. The molecule has 0 amide bonds. The van der Waals surface area contributed by atoms with Crippen molar-refractivity contribution in [2.75, 3.05) is 0 Å². The van der Waals surface area contributed by atoms with Gasteiger partial charge in [0.15, 0.2) is 0 Å². The summed E-state index contributed by atoms with van der Waals surface area (Å²) in [5.74, 6) is 1.30. The van der Waals surface area contributed by atoms with Crippen LogP contribution in [0.2, 0.25) is 0 Å². The minimum Gasteiger partial charge on any atom is -0.299 e. The molecule has 0 radical (unpaired) electrons. The van der Waals surface area contributed by atoms with Crippen LogP contribution in [0.1, 0.15) is 59.3 Å². The molecule has 3 aliphatic carbocycles. The Morgan fingerprint density at radius 2 is 1.81 bits per heavy atom. The number of hydrogen-bond acceptors (Lipinski definition) is 2. The van der Waals surface area contributed by atoms with Gasteiger partial charge in [-0.2, -0.15) is 0 Å². The summed E-state index contributed by atoms with van der Waals surface area (Å²) < 4.78 is 0. The average Bonchev–Trinajstić information content (AvgIpc) is 2.52. The van der Waals surface area contributed by atoms with Crippen LogP contribution in [0.15, 0.2) is 12.2 Å². The van der Waals surface area contributed by atoms with E-state index in [-0.39, 0.29) is 29.1 Å². The number of Topliss-reactive ketones (excluding diaryl/α,β-unsaturated/α-hetero) is 2. The van der Waals surface area contributed by atoms with E-state index in [9.17, 15) is 9.59 Å². The third-order valence-corrected chi connectivity index (χ3v) is 6.71. The molecular weight excluding hydrogens is 260 g/mol. The molecule has 2 fully saturated rings. The van der Waals surface area contributed by atoms with Gasteiger partial charge < -0.3 is 0 Å². The molecule has 0 aromatic carbocycles. The topological polar surface area (TPSA) is 34.1 Å². The Kier molecular flexibility index (Phi) is 3.83. The van der Waals surface area contributed by atoms with E-state index in [1.165, 1.54) is 0 Å². The van der Waals surface area contributed by atoms with E-state index in [2.05, 4.69) is 26.8 Å². The van der Waals surface area contributed by atoms with Gasteiger partial charge in [0.1, 0.15) is 11.6 Å². The number of hydrogen-bond donors (Lipinski definition) is 0. The predicted molar refractivity (Wildman–Crippen MR) is 83.8 cm³/mol. The van der Waals surface area contributed by atoms with Gasteiger partial charge in [-0.25, -0.2) is 0 Å². The lowest BCUT2D eigenvalue weighted by Gasteiger charge is -2.47. The van der Waals surface area contributed by atoms with Crippen molar-refractivity contribution in [2.24, 2.45) is 35.0 Å². The third kappa shape index (κ3) is 2.41. The largest absolute Gasteiger partial charge is 0.299 e. The van der Waals surface area contributed by atoms with E-state index in [0.29, 0.717) is 17.5 Å². The number of carbonyl (C=O) groups is 2. The van der Waals surface area contributed by atoms with Crippen molar-refractivity contribution in [2.45, 2.75) is 59.3 Å². The highest BCUT2D eigenvalue weighted by atomic mass is 16.1. The van der Waals surface area contributed by atoms with Crippen LogP contribution in [0.3, 0.4) is 0 Å². The zero-order valence-corrected chi connectivity index (χ0v) is 13.6. The molecule has 0 aromatic rings. The standard InChI is InChI=1S/C19H28O2/c1-4-19(2,3)12-9-10-15-16(11-12)18(21)14-8-6-5-7-13(14)17(15)20/h6,8,12-16H,4-5,7,9-11H2,1-3H3. The minimum atomic E-state index is -0.101. The molecule has 0 aromatic heterocycles.